The second-order valence-corrected chi connectivity index (χ2v) is 3.04. The van der Waals surface area contributed by atoms with Gasteiger partial charge in [0.25, 0.3) is 0 Å². The van der Waals surface area contributed by atoms with Crippen LogP contribution in [-0.4, -0.2) is 38.9 Å². The third-order valence-electron chi connectivity index (χ3n) is 2.41. The molecule has 4 heteroatoms. The summed E-state index contributed by atoms with van der Waals surface area (Å²) < 4.78 is 9.82. The molecule has 0 aliphatic carbocycles. The van der Waals surface area contributed by atoms with Crippen LogP contribution < -0.4 is 5.32 Å². The average molecular weight is 173 g/mol. The van der Waals surface area contributed by atoms with Crippen LogP contribution in [0.2, 0.25) is 0 Å². The number of hydrogen-bond donors (Lipinski definition) is 1. The molecule has 0 amide bonds. The largest absolute Gasteiger partial charge is 0.468 e. The molecule has 1 aliphatic heterocycles. The first-order chi connectivity index (χ1) is 5.70. The summed E-state index contributed by atoms with van der Waals surface area (Å²) in [7, 11) is 3.05. The van der Waals surface area contributed by atoms with Crippen molar-refractivity contribution in [1.29, 1.82) is 0 Å². The van der Waals surface area contributed by atoms with Crippen molar-refractivity contribution in [2.24, 2.45) is 5.92 Å². The van der Waals surface area contributed by atoms with Gasteiger partial charge in [-0.3, -0.25) is 4.79 Å². The lowest BCUT2D eigenvalue weighted by molar-refractivity contribution is -0.144. The lowest BCUT2D eigenvalue weighted by Crippen LogP contribution is -2.36. The number of methoxy groups -OCH3 is 2. The Hall–Kier alpha value is -0.610. The predicted molar refractivity (Wildman–Crippen MR) is 43.8 cm³/mol. The average Bonchev–Trinajstić information content (AvgIpc) is 2.45. The molecule has 70 valence electrons. The van der Waals surface area contributed by atoms with Gasteiger partial charge in [0, 0.05) is 19.6 Å². The summed E-state index contributed by atoms with van der Waals surface area (Å²) in [6.07, 6.45) is 0.120. The third kappa shape index (κ3) is 1.59. The van der Waals surface area contributed by atoms with Crippen LogP contribution in [-0.2, 0) is 14.3 Å². The molecule has 0 bridgehead atoms. The van der Waals surface area contributed by atoms with Crippen molar-refractivity contribution in [3.8, 4) is 0 Å². The van der Waals surface area contributed by atoms with E-state index < -0.39 is 0 Å². The van der Waals surface area contributed by atoms with Crippen molar-refractivity contribution in [2.45, 2.75) is 19.1 Å². The monoisotopic (exact) mass is 173 g/mol. The van der Waals surface area contributed by atoms with Crippen LogP contribution in [0.1, 0.15) is 6.92 Å². The lowest BCUT2D eigenvalue weighted by atomic mass is 10.0. The zero-order chi connectivity index (χ0) is 9.14. The fourth-order valence-electron chi connectivity index (χ4n) is 1.55. The highest BCUT2D eigenvalue weighted by Crippen LogP contribution is 2.18. The molecule has 0 radical (unpaired) electrons. The van der Waals surface area contributed by atoms with Gasteiger partial charge in [-0.1, -0.05) is 6.92 Å². The topological polar surface area (TPSA) is 47.6 Å². The van der Waals surface area contributed by atoms with Gasteiger partial charge < -0.3 is 14.8 Å². The van der Waals surface area contributed by atoms with Gasteiger partial charge in [-0.15, -0.1) is 0 Å². The van der Waals surface area contributed by atoms with Crippen molar-refractivity contribution >= 4 is 5.97 Å². The van der Waals surface area contributed by atoms with Gasteiger partial charge in [-0.2, -0.15) is 0 Å². The van der Waals surface area contributed by atoms with Gasteiger partial charge in [0.15, 0.2) is 0 Å². The van der Waals surface area contributed by atoms with Crippen molar-refractivity contribution in [3.05, 3.63) is 0 Å². The molecule has 1 aliphatic rings. The summed E-state index contributed by atoms with van der Waals surface area (Å²) in [5.74, 6) is -0.0236. The van der Waals surface area contributed by atoms with E-state index in [-0.39, 0.29) is 24.0 Å². The first kappa shape index (κ1) is 9.48. The van der Waals surface area contributed by atoms with E-state index >= 15 is 0 Å². The Morgan fingerprint density at radius 2 is 2.17 bits per heavy atom. The SMILES string of the molecule is COC(=O)[C@H]1NC[C@@H](OC)[C@@H]1C. The van der Waals surface area contributed by atoms with Crippen LogP contribution in [0.4, 0.5) is 0 Å². The van der Waals surface area contributed by atoms with Gasteiger partial charge in [-0.25, -0.2) is 0 Å². The molecule has 0 spiro atoms. The Balaban J connectivity index is 2.54. The van der Waals surface area contributed by atoms with Crippen LogP contribution in [0.5, 0.6) is 0 Å². The first-order valence-electron chi connectivity index (χ1n) is 4.04. The van der Waals surface area contributed by atoms with Crippen LogP contribution in [0, 0.1) is 5.92 Å². The molecule has 1 fully saturated rings. The Kier molecular flexibility index (Phi) is 3.05. The number of carbonyl (C=O) groups excluding carboxylic acids is 1. The molecule has 0 saturated carbocycles. The molecule has 1 N–H and O–H groups in total. The van der Waals surface area contributed by atoms with E-state index in [1.807, 2.05) is 6.92 Å². The predicted octanol–water partition coefficient (Wildman–Crippen LogP) is -0.218. The van der Waals surface area contributed by atoms with E-state index in [0.29, 0.717) is 0 Å². The fraction of sp³-hybridized carbons (Fsp3) is 0.875. The maximum atomic E-state index is 11.1. The Morgan fingerprint density at radius 3 is 2.58 bits per heavy atom. The molecule has 1 rings (SSSR count). The quantitative estimate of drug-likeness (QED) is 0.587. The van der Waals surface area contributed by atoms with Crippen molar-refractivity contribution in [3.63, 3.8) is 0 Å². The Labute approximate surface area is 72.2 Å². The number of nitrogens with one attached hydrogen (secondary N) is 1. The van der Waals surface area contributed by atoms with Crippen LogP contribution >= 0.6 is 0 Å². The summed E-state index contributed by atoms with van der Waals surface area (Å²) in [5.41, 5.74) is 0. The minimum absolute atomic E-state index is 0.120. The first-order valence-corrected chi connectivity index (χ1v) is 4.04. The number of esters is 1. The van der Waals surface area contributed by atoms with E-state index in [2.05, 4.69) is 10.1 Å². The molecule has 0 aromatic rings. The molecule has 1 heterocycles. The van der Waals surface area contributed by atoms with E-state index in [4.69, 9.17) is 4.74 Å². The smallest absolute Gasteiger partial charge is 0.323 e. The highest BCUT2D eigenvalue weighted by Gasteiger charge is 2.37. The summed E-state index contributed by atoms with van der Waals surface area (Å²) in [4.78, 5) is 11.1. The molecular formula is C8H15NO3. The van der Waals surface area contributed by atoms with Crippen LogP contribution in [0.3, 0.4) is 0 Å². The third-order valence-corrected chi connectivity index (χ3v) is 2.41. The zero-order valence-electron chi connectivity index (χ0n) is 7.66. The van der Waals surface area contributed by atoms with E-state index in [0.717, 1.165) is 6.54 Å². The number of rotatable bonds is 2. The summed E-state index contributed by atoms with van der Waals surface area (Å²) >= 11 is 0. The molecule has 12 heavy (non-hydrogen) atoms. The number of carbonyl (C=O) groups is 1. The molecule has 0 aromatic carbocycles. The van der Waals surface area contributed by atoms with E-state index in [1.54, 1.807) is 7.11 Å². The summed E-state index contributed by atoms with van der Waals surface area (Å²) in [5, 5.41) is 3.06. The second-order valence-electron chi connectivity index (χ2n) is 3.04. The summed E-state index contributed by atoms with van der Waals surface area (Å²) in [6, 6.07) is -0.208. The number of hydrogen-bond acceptors (Lipinski definition) is 4. The minimum Gasteiger partial charge on any atom is -0.468 e. The summed E-state index contributed by atoms with van der Waals surface area (Å²) in [6.45, 7) is 2.70. The maximum absolute atomic E-state index is 11.1. The standard InChI is InChI=1S/C8H15NO3/c1-5-6(11-2)4-9-7(5)8(10)12-3/h5-7,9H,4H2,1-3H3/t5-,6+,7-/m0/s1. The van der Waals surface area contributed by atoms with Gasteiger partial charge in [0.1, 0.15) is 6.04 Å². The van der Waals surface area contributed by atoms with Crippen LogP contribution in [0.15, 0.2) is 0 Å². The highest BCUT2D eigenvalue weighted by molar-refractivity contribution is 5.76. The van der Waals surface area contributed by atoms with Gasteiger partial charge >= 0.3 is 5.97 Å². The van der Waals surface area contributed by atoms with Gasteiger partial charge in [0.05, 0.1) is 13.2 Å². The Morgan fingerprint density at radius 1 is 1.50 bits per heavy atom. The van der Waals surface area contributed by atoms with E-state index in [1.165, 1.54) is 7.11 Å². The molecule has 3 atom stereocenters. The molecular weight excluding hydrogens is 158 g/mol. The number of ether oxygens (including phenoxy) is 2. The normalized spacial score (nSPS) is 35.1. The Bertz CT molecular complexity index is 172. The van der Waals surface area contributed by atoms with Gasteiger partial charge in [-0.05, 0) is 0 Å². The zero-order valence-corrected chi connectivity index (χ0v) is 7.66. The lowest BCUT2D eigenvalue weighted by Gasteiger charge is -2.16. The van der Waals surface area contributed by atoms with Crippen molar-refractivity contribution < 1.29 is 14.3 Å². The molecule has 1 saturated heterocycles. The molecule has 0 unspecified atom stereocenters. The van der Waals surface area contributed by atoms with Crippen molar-refractivity contribution in [1.82, 2.24) is 5.32 Å². The fourth-order valence-corrected chi connectivity index (χ4v) is 1.55. The van der Waals surface area contributed by atoms with E-state index in [9.17, 15) is 4.79 Å². The van der Waals surface area contributed by atoms with Crippen molar-refractivity contribution in [2.75, 3.05) is 20.8 Å². The second kappa shape index (κ2) is 3.87. The molecule has 4 nitrogen and oxygen atoms in total. The molecule has 0 aromatic heterocycles. The van der Waals surface area contributed by atoms with Crippen LogP contribution in [0.25, 0.3) is 0 Å². The highest BCUT2D eigenvalue weighted by atomic mass is 16.5. The maximum Gasteiger partial charge on any atom is 0.323 e. The minimum atomic E-state index is -0.208. The van der Waals surface area contributed by atoms with Gasteiger partial charge in [0.2, 0.25) is 0 Å².